The fourth-order valence-corrected chi connectivity index (χ4v) is 5.88. The highest BCUT2D eigenvalue weighted by atomic mass is 16.6. The van der Waals surface area contributed by atoms with Crippen molar-refractivity contribution in [2.75, 3.05) is 14.1 Å². The van der Waals surface area contributed by atoms with Crippen molar-refractivity contribution in [3.05, 3.63) is 80.5 Å². The number of likely N-dealkylation sites (N-methyl/N-ethyl adjacent to an activating group) is 1. The number of nitro groups is 1. The van der Waals surface area contributed by atoms with Gasteiger partial charge in [0.15, 0.2) is 11.4 Å². The molecule has 0 saturated carbocycles. The molecule has 0 saturated heterocycles. The molecule has 5 atom stereocenters. The van der Waals surface area contributed by atoms with Gasteiger partial charge in [-0.15, -0.1) is 0 Å². The average Bonchev–Trinajstić information content (AvgIpc) is 3.40. The Morgan fingerprint density at radius 1 is 1.15 bits per heavy atom. The second-order valence-corrected chi connectivity index (χ2v) is 10.2. The molecule has 1 aromatic carbocycles. The van der Waals surface area contributed by atoms with Gasteiger partial charge in [0, 0.05) is 17.4 Å². The Kier molecular flexibility index (Phi) is 6.82. The summed E-state index contributed by atoms with van der Waals surface area (Å²) in [5.41, 5.74) is -0.654. The van der Waals surface area contributed by atoms with Crippen molar-refractivity contribution < 1.29 is 49.3 Å². The summed E-state index contributed by atoms with van der Waals surface area (Å²) in [6.07, 6.45) is 1.06. The predicted octanol–water partition coefficient (Wildman–Crippen LogP) is 0.973. The minimum Gasteiger partial charge on any atom is -0.510 e. The summed E-state index contributed by atoms with van der Waals surface area (Å²) in [6.45, 7) is 1.40. The molecule has 0 radical (unpaired) electrons. The largest absolute Gasteiger partial charge is 0.510 e. The number of phenols is 1. The normalized spacial score (nSPS) is 29.3. The maximum atomic E-state index is 13.3. The Morgan fingerprint density at radius 2 is 1.80 bits per heavy atom. The monoisotopic (exact) mass is 557 g/mol. The van der Waals surface area contributed by atoms with Crippen molar-refractivity contribution in [3.63, 3.8) is 0 Å². The molecule has 5 rings (SSSR count). The minimum absolute atomic E-state index is 0.135. The van der Waals surface area contributed by atoms with E-state index in [0.29, 0.717) is 0 Å². The number of phenolic OH excluding ortho intramolecular Hbond substituents is 1. The lowest BCUT2D eigenvalue weighted by molar-refractivity contribution is -0.402. The van der Waals surface area contributed by atoms with Crippen molar-refractivity contribution in [2.24, 2.45) is 17.6 Å². The third kappa shape index (κ3) is 3.95. The SMILES string of the molecule is CN(C)[C@@H]1C(O)=C(C(N)=O)C(=O)[C@@]2(O)C(O)=C3C(=O)c4c(O)cccc4[C@@](C)(O)[C@H]3C[C@@H]12.O=[N+]([O-])c1ccco1. The Morgan fingerprint density at radius 3 is 2.30 bits per heavy atom. The van der Waals surface area contributed by atoms with Gasteiger partial charge in [-0.05, 0) is 45.1 Å². The molecule has 0 bridgehead atoms. The van der Waals surface area contributed by atoms with E-state index in [-0.39, 0.29) is 23.4 Å². The van der Waals surface area contributed by atoms with Crippen LogP contribution in [0.3, 0.4) is 0 Å². The second kappa shape index (κ2) is 9.59. The van der Waals surface area contributed by atoms with Gasteiger partial charge in [-0.2, -0.15) is 0 Å². The van der Waals surface area contributed by atoms with Crippen LogP contribution in [0.4, 0.5) is 5.88 Å². The smallest absolute Gasteiger partial charge is 0.432 e. The van der Waals surface area contributed by atoms with Gasteiger partial charge in [0.2, 0.25) is 5.78 Å². The van der Waals surface area contributed by atoms with Crippen LogP contribution in [0.5, 0.6) is 5.75 Å². The Labute approximate surface area is 226 Å². The van der Waals surface area contributed by atoms with E-state index in [4.69, 9.17) is 5.73 Å². The van der Waals surface area contributed by atoms with Gasteiger partial charge in [-0.1, -0.05) is 12.1 Å². The number of aliphatic hydroxyl groups is 4. The zero-order valence-electron chi connectivity index (χ0n) is 21.6. The number of benzene rings is 1. The summed E-state index contributed by atoms with van der Waals surface area (Å²) in [5.74, 6) is -8.11. The van der Waals surface area contributed by atoms with Crippen LogP contribution in [0.25, 0.3) is 0 Å². The number of aromatic hydroxyl groups is 1. The second-order valence-electron chi connectivity index (χ2n) is 10.2. The number of furan rings is 1. The van der Waals surface area contributed by atoms with Crippen molar-refractivity contribution >= 4 is 23.4 Å². The van der Waals surface area contributed by atoms with Gasteiger partial charge >= 0.3 is 5.88 Å². The Balaban J connectivity index is 0.000000398. The summed E-state index contributed by atoms with van der Waals surface area (Å²) >= 11 is 0. The van der Waals surface area contributed by atoms with E-state index in [1.54, 1.807) is 0 Å². The number of ketones is 2. The summed E-state index contributed by atoms with van der Waals surface area (Å²) in [5, 5.41) is 64.8. The molecule has 14 nitrogen and oxygen atoms in total. The third-order valence-electron chi connectivity index (χ3n) is 7.71. The lowest BCUT2D eigenvalue weighted by atomic mass is 9.55. The van der Waals surface area contributed by atoms with Crippen molar-refractivity contribution in [2.45, 2.75) is 30.6 Å². The van der Waals surface area contributed by atoms with Gasteiger partial charge in [-0.3, -0.25) is 29.4 Å². The van der Waals surface area contributed by atoms with Gasteiger partial charge in [0.05, 0.1) is 29.5 Å². The molecular formula is C26H27N3O11. The lowest BCUT2D eigenvalue weighted by Gasteiger charge is -2.52. The first-order valence-corrected chi connectivity index (χ1v) is 12.0. The number of nitrogens with zero attached hydrogens (tertiary/aromatic N) is 2. The molecule has 0 spiro atoms. The molecule has 3 aliphatic rings. The zero-order valence-corrected chi connectivity index (χ0v) is 21.6. The van der Waals surface area contributed by atoms with E-state index in [1.165, 1.54) is 62.5 Å². The molecular weight excluding hydrogens is 530 g/mol. The topological polar surface area (TPSA) is 238 Å². The summed E-state index contributed by atoms with van der Waals surface area (Å²) < 4.78 is 4.40. The van der Waals surface area contributed by atoms with Crippen molar-refractivity contribution in [1.29, 1.82) is 0 Å². The van der Waals surface area contributed by atoms with Crippen LogP contribution < -0.4 is 5.73 Å². The summed E-state index contributed by atoms with van der Waals surface area (Å²) in [7, 11) is 3.06. The number of primary amides is 1. The molecule has 2 aromatic rings. The Bertz CT molecular complexity index is 1490. The number of carbonyl (C=O) groups excluding carboxylic acids is 3. The average molecular weight is 558 g/mol. The maximum absolute atomic E-state index is 13.3. The fourth-order valence-electron chi connectivity index (χ4n) is 5.88. The predicted molar refractivity (Wildman–Crippen MR) is 135 cm³/mol. The van der Waals surface area contributed by atoms with Crippen LogP contribution >= 0.6 is 0 Å². The van der Waals surface area contributed by atoms with Crippen LogP contribution in [0.15, 0.2) is 63.7 Å². The third-order valence-corrected chi connectivity index (χ3v) is 7.71. The first-order chi connectivity index (χ1) is 18.6. The van der Waals surface area contributed by atoms with E-state index >= 15 is 0 Å². The highest BCUT2D eigenvalue weighted by Crippen LogP contribution is 2.56. The van der Waals surface area contributed by atoms with Crippen LogP contribution in [-0.4, -0.2) is 78.6 Å². The number of carbonyl (C=O) groups is 3. The van der Waals surface area contributed by atoms with Gasteiger partial charge < -0.3 is 35.7 Å². The van der Waals surface area contributed by atoms with Crippen molar-refractivity contribution in [3.8, 4) is 5.75 Å². The van der Waals surface area contributed by atoms with E-state index in [9.17, 15) is 50.0 Å². The highest BCUT2D eigenvalue weighted by molar-refractivity contribution is 6.24. The summed E-state index contributed by atoms with van der Waals surface area (Å²) in [4.78, 5) is 49.1. The number of hydrogen-bond donors (Lipinski definition) is 6. The van der Waals surface area contributed by atoms with E-state index in [0.717, 1.165) is 0 Å². The molecule has 212 valence electrons. The van der Waals surface area contributed by atoms with E-state index < -0.39 is 79.9 Å². The molecule has 0 unspecified atom stereocenters. The van der Waals surface area contributed by atoms with E-state index in [1.807, 2.05) is 0 Å². The highest BCUT2D eigenvalue weighted by Gasteiger charge is 2.65. The standard InChI is InChI=1S/C22H24N2O8.C4H3NO3/c1-21(31)8-5-4-6-11(25)12(8)16(26)13-9(21)7-10-15(24(2)3)17(27)14(20(23)30)19(29)22(10,32)18(13)28;6-5(7)4-2-1-3-8-4/h4-6,9-10,15,25,27-28,31-32H,7H2,1-3H3,(H2,23,30);1-3H/t9-,10-,15-,21+,22-;/m0./s1. The molecule has 0 fully saturated rings. The molecule has 14 heteroatoms. The quantitative estimate of drug-likeness (QED) is 0.176. The van der Waals surface area contributed by atoms with Gasteiger partial charge in [-0.25, -0.2) is 0 Å². The van der Waals surface area contributed by atoms with Crippen LogP contribution in [0, 0.1) is 22.0 Å². The number of aliphatic hydroxyl groups excluding tert-OH is 2. The van der Waals surface area contributed by atoms with Crippen LogP contribution in [-0.2, 0) is 15.2 Å². The molecule has 3 aliphatic carbocycles. The minimum atomic E-state index is -2.75. The lowest BCUT2D eigenvalue weighted by Crippen LogP contribution is -2.65. The Hall–Kier alpha value is -4.53. The molecule has 40 heavy (non-hydrogen) atoms. The molecule has 7 N–H and O–H groups in total. The molecule has 0 aliphatic heterocycles. The molecule has 1 heterocycles. The number of nitrogens with two attached hydrogens (primary N) is 1. The molecule has 1 amide bonds. The number of fused-ring (bicyclic) bond motifs is 3. The zero-order chi connectivity index (χ0) is 29.9. The van der Waals surface area contributed by atoms with E-state index in [2.05, 4.69) is 4.42 Å². The van der Waals surface area contributed by atoms with Crippen molar-refractivity contribution in [1.82, 2.24) is 4.90 Å². The maximum Gasteiger partial charge on any atom is 0.432 e. The number of amides is 1. The van der Waals surface area contributed by atoms with Crippen LogP contribution in [0.1, 0.15) is 29.3 Å². The summed E-state index contributed by atoms with van der Waals surface area (Å²) in [6, 6.07) is 5.81. The molecule has 1 aromatic heterocycles. The first kappa shape index (κ1) is 28.5. The van der Waals surface area contributed by atoms with Gasteiger partial charge in [0.25, 0.3) is 5.91 Å². The fraction of sp³-hybridized carbons (Fsp3) is 0.346. The number of Topliss-reactive ketones (excluding diaryl/α,β-unsaturated/α-hetero) is 2. The van der Waals surface area contributed by atoms with Gasteiger partial charge in [0.1, 0.15) is 27.8 Å². The van der Waals surface area contributed by atoms with Crippen LogP contribution in [0.2, 0.25) is 0 Å². The first-order valence-electron chi connectivity index (χ1n) is 12.0. The number of hydrogen-bond acceptors (Lipinski definition) is 12. The number of rotatable bonds is 3.